The fourth-order valence-corrected chi connectivity index (χ4v) is 5.14. The molecule has 0 radical (unpaired) electrons. The molecule has 1 N–H and O–H groups in total. The fourth-order valence-electron chi connectivity index (χ4n) is 3.85. The van der Waals surface area contributed by atoms with Crippen molar-refractivity contribution in [1.82, 2.24) is 19.5 Å². The van der Waals surface area contributed by atoms with Crippen LogP contribution < -0.4 is 0 Å². The minimum absolute atomic E-state index is 0.0735. The van der Waals surface area contributed by atoms with E-state index in [0.29, 0.717) is 22.4 Å². The highest BCUT2D eigenvalue weighted by Gasteiger charge is 2.34. The largest absolute Gasteiger partial charge is 0.492 e. The van der Waals surface area contributed by atoms with Crippen LogP contribution in [-0.4, -0.2) is 50.3 Å². The van der Waals surface area contributed by atoms with Crippen molar-refractivity contribution in [2.75, 3.05) is 19.7 Å². The summed E-state index contributed by atoms with van der Waals surface area (Å²) in [7, 11) is 0. The number of halogens is 1. The van der Waals surface area contributed by atoms with Crippen LogP contribution in [0.15, 0.2) is 24.3 Å². The van der Waals surface area contributed by atoms with Gasteiger partial charge in [-0.1, -0.05) is 35.1 Å². The van der Waals surface area contributed by atoms with Crippen LogP contribution in [0.5, 0.6) is 5.88 Å². The number of piperidine rings is 1. The van der Waals surface area contributed by atoms with Gasteiger partial charge in [-0.05, 0) is 57.5 Å². The molecule has 1 aromatic carbocycles. The number of fused-ring (bicyclic) bond motifs is 1. The Morgan fingerprint density at radius 2 is 2.03 bits per heavy atom. The first-order valence-corrected chi connectivity index (χ1v) is 10.9. The second-order valence-electron chi connectivity index (χ2n) is 7.16. The normalized spacial score (nSPS) is 16.9. The quantitative estimate of drug-likeness (QED) is 0.615. The Kier molecular flexibility index (Phi) is 5.76. The van der Waals surface area contributed by atoms with E-state index in [9.17, 15) is 9.90 Å². The van der Waals surface area contributed by atoms with Gasteiger partial charge in [-0.3, -0.25) is 9.69 Å². The van der Waals surface area contributed by atoms with Crippen molar-refractivity contribution >= 4 is 33.9 Å². The number of ether oxygens (including phenoxy) is 1. The molecular weight excluding hydrogens is 412 g/mol. The zero-order chi connectivity index (χ0) is 20.5. The lowest BCUT2D eigenvalue weighted by Gasteiger charge is -2.36. The van der Waals surface area contributed by atoms with Gasteiger partial charge < -0.3 is 9.84 Å². The van der Waals surface area contributed by atoms with Crippen LogP contribution >= 0.6 is 22.9 Å². The third-order valence-corrected chi connectivity index (χ3v) is 6.58. The van der Waals surface area contributed by atoms with Crippen LogP contribution in [0.1, 0.15) is 42.1 Å². The maximum atomic E-state index is 12.1. The summed E-state index contributed by atoms with van der Waals surface area (Å²) in [5, 5.41) is 15.8. The van der Waals surface area contributed by atoms with Gasteiger partial charge in [0.2, 0.25) is 10.8 Å². The summed E-state index contributed by atoms with van der Waals surface area (Å²) in [6, 6.07) is 7.50. The molecule has 0 bridgehead atoms. The zero-order valence-electron chi connectivity index (χ0n) is 16.3. The van der Waals surface area contributed by atoms with Crippen molar-refractivity contribution in [2.45, 2.75) is 32.7 Å². The zero-order valence-corrected chi connectivity index (χ0v) is 17.9. The van der Waals surface area contributed by atoms with Crippen LogP contribution in [0.2, 0.25) is 5.02 Å². The summed E-state index contributed by atoms with van der Waals surface area (Å²) in [4.78, 5) is 20.2. The van der Waals surface area contributed by atoms with Gasteiger partial charge >= 0.3 is 5.97 Å². The smallest absolute Gasteiger partial charge is 0.309 e. The molecule has 29 heavy (non-hydrogen) atoms. The highest BCUT2D eigenvalue weighted by Crippen LogP contribution is 2.41. The summed E-state index contributed by atoms with van der Waals surface area (Å²) in [6.07, 6.45) is 1.45. The van der Waals surface area contributed by atoms with Crippen LogP contribution in [0.3, 0.4) is 0 Å². The molecular formula is C20H23ClN4O3S. The van der Waals surface area contributed by atoms with E-state index < -0.39 is 0 Å². The fraction of sp³-hybridized carbons (Fsp3) is 0.450. The molecule has 2 aromatic heterocycles. The molecule has 1 aliphatic heterocycles. The van der Waals surface area contributed by atoms with Crippen molar-refractivity contribution in [3.05, 3.63) is 45.6 Å². The number of thiazole rings is 1. The van der Waals surface area contributed by atoms with E-state index in [1.54, 1.807) is 6.92 Å². The maximum Gasteiger partial charge on any atom is 0.309 e. The van der Waals surface area contributed by atoms with E-state index >= 15 is 0 Å². The van der Waals surface area contributed by atoms with Crippen molar-refractivity contribution < 1.29 is 14.6 Å². The lowest BCUT2D eigenvalue weighted by molar-refractivity contribution is -0.149. The van der Waals surface area contributed by atoms with Gasteiger partial charge in [0.05, 0.1) is 23.4 Å². The van der Waals surface area contributed by atoms with Gasteiger partial charge in [0.25, 0.3) is 0 Å². The van der Waals surface area contributed by atoms with Gasteiger partial charge in [0, 0.05) is 5.02 Å². The number of aryl methyl sites for hydroxylation is 1. The monoisotopic (exact) mass is 434 g/mol. The molecule has 1 unspecified atom stereocenters. The Morgan fingerprint density at radius 1 is 1.34 bits per heavy atom. The number of carbonyl (C=O) groups is 1. The first-order chi connectivity index (χ1) is 14.0. The third kappa shape index (κ3) is 3.97. The van der Waals surface area contributed by atoms with E-state index in [0.717, 1.165) is 36.4 Å². The lowest BCUT2D eigenvalue weighted by atomic mass is 9.93. The summed E-state index contributed by atoms with van der Waals surface area (Å²) < 4.78 is 6.68. The van der Waals surface area contributed by atoms with Gasteiger partial charge in [0.15, 0.2) is 0 Å². The number of aromatic nitrogens is 3. The topological polar surface area (TPSA) is 80.0 Å². The number of nitrogens with zero attached hydrogens (tertiary/aromatic N) is 4. The molecule has 4 rings (SSSR count). The van der Waals surface area contributed by atoms with Crippen molar-refractivity contribution in [3.63, 3.8) is 0 Å². The van der Waals surface area contributed by atoms with Gasteiger partial charge in [0.1, 0.15) is 5.82 Å². The minimum Gasteiger partial charge on any atom is -0.492 e. The van der Waals surface area contributed by atoms with Crippen LogP contribution in [0, 0.1) is 12.8 Å². The van der Waals surface area contributed by atoms with E-state index in [4.69, 9.17) is 16.3 Å². The molecule has 3 aromatic rings. The average Bonchev–Trinajstić information content (AvgIpc) is 3.22. The molecule has 0 amide bonds. The predicted molar refractivity (Wildman–Crippen MR) is 111 cm³/mol. The Morgan fingerprint density at radius 3 is 2.66 bits per heavy atom. The molecule has 154 valence electrons. The second-order valence-corrected chi connectivity index (χ2v) is 8.61. The summed E-state index contributed by atoms with van der Waals surface area (Å²) in [5.41, 5.74) is 1.03. The SMILES string of the molecule is CCOC(=O)C1CCN(C(c2ccc(Cl)cc2)c2sc3nc(C)nn3c2O)CC1. The minimum atomic E-state index is -0.163. The van der Waals surface area contributed by atoms with Gasteiger partial charge in [-0.15, -0.1) is 5.10 Å². The molecule has 1 aliphatic rings. The Balaban J connectivity index is 1.66. The number of aromatic hydroxyl groups is 1. The second kappa shape index (κ2) is 8.30. The molecule has 3 heterocycles. The van der Waals surface area contributed by atoms with Crippen molar-refractivity contribution in [2.24, 2.45) is 5.92 Å². The van der Waals surface area contributed by atoms with E-state index in [1.807, 2.05) is 31.2 Å². The Labute approximate surface area is 177 Å². The van der Waals surface area contributed by atoms with Crippen LogP contribution in [0.4, 0.5) is 0 Å². The first kappa shape index (κ1) is 20.1. The van der Waals surface area contributed by atoms with E-state index in [1.165, 1.54) is 15.9 Å². The summed E-state index contributed by atoms with van der Waals surface area (Å²) >= 11 is 7.53. The molecule has 9 heteroatoms. The first-order valence-electron chi connectivity index (χ1n) is 9.69. The van der Waals surface area contributed by atoms with Gasteiger partial charge in [-0.2, -0.15) is 4.52 Å². The molecule has 0 saturated carbocycles. The number of carbonyl (C=O) groups excluding carboxylic acids is 1. The number of benzene rings is 1. The number of rotatable bonds is 5. The van der Waals surface area contributed by atoms with Crippen LogP contribution in [0.25, 0.3) is 4.96 Å². The third-order valence-electron chi connectivity index (χ3n) is 5.25. The van der Waals surface area contributed by atoms with E-state index in [2.05, 4.69) is 15.0 Å². The summed E-state index contributed by atoms with van der Waals surface area (Å²) in [6.45, 7) is 5.48. The molecule has 0 spiro atoms. The Bertz CT molecular complexity index is 1010. The lowest BCUT2D eigenvalue weighted by Crippen LogP contribution is -2.39. The maximum absolute atomic E-state index is 12.1. The van der Waals surface area contributed by atoms with Crippen molar-refractivity contribution in [1.29, 1.82) is 0 Å². The number of esters is 1. The molecule has 0 aliphatic carbocycles. The molecule has 1 atom stereocenters. The standard InChI is InChI=1S/C20H23ClN4O3S/c1-3-28-19(27)14-8-10-24(11-9-14)16(13-4-6-15(21)7-5-13)17-18(26)25-20(29-17)22-12(2)23-25/h4-7,14,16,26H,3,8-11H2,1-2H3. The number of likely N-dealkylation sites (tertiary alicyclic amines) is 1. The molecule has 7 nitrogen and oxygen atoms in total. The number of hydrogen-bond acceptors (Lipinski definition) is 7. The molecule has 1 fully saturated rings. The Hall–Kier alpha value is -2.16. The van der Waals surface area contributed by atoms with Gasteiger partial charge in [-0.25, -0.2) is 4.98 Å². The van der Waals surface area contributed by atoms with E-state index in [-0.39, 0.29) is 23.8 Å². The number of hydrogen-bond donors (Lipinski definition) is 1. The predicted octanol–water partition coefficient (Wildman–Crippen LogP) is 3.82. The highest BCUT2D eigenvalue weighted by molar-refractivity contribution is 7.17. The average molecular weight is 435 g/mol. The molecule has 1 saturated heterocycles. The van der Waals surface area contributed by atoms with Crippen molar-refractivity contribution in [3.8, 4) is 5.88 Å². The summed E-state index contributed by atoms with van der Waals surface area (Å²) in [5.74, 6) is 0.539. The van der Waals surface area contributed by atoms with Crippen LogP contribution in [-0.2, 0) is 9.53 Å². The highest BCUT2D eigenvalue weighted by atomic mass is 35.5.